The number of carbonyl (C=O) groups is 1. The van der Waals surface area contributed by atoms with Gasteiger partial charge >= 0.3 is 0 Å². The zero-order chi connectivity index (χ0) is 11.7. The highest BCUT2D eigenvalue weighted by atomic mass is 19.2. The molecule has 1 aromatic rings. The van der Waals surface area contributed by atoms with E-state index in [1.807, 2.05) is 0 Å². The van der Waals surface area contributed by atoms with E-state index < -0.39 is 28.9 Å². The Kier molecular flexibility index (Phi) is 2.85. The van der Waals surface area contributed by atoms with Crippen molar-refractivity contribution in [1.29, 1.82) is 0 Å². The highest BCUT2D eigenvalue weighted by molar-refractivity contribution is 5.95. The minimum atomic E-state index is -1.41. The van der Waals surface area contributed by atoms with Crippen molar-refractivity contribution in [1.82, 2.24) is 4.90 Å². The second-order valence-corrected chi connectivity index (χ2v) is 3.72. The Morgan fingerprint density at radius 2 is 1.62 bits per heavy atom. The molecule has 1 aromatic carbocycles. The van der Waals surface area contributed by atoms with E-state index in [-0.39, 0.29) is 0 Å². The van der Waals surface area contributed by atoms with Crippen molar-refractivity contribution < 1.29 is 18.0 Å². The first-order chi connectivity index (χ1) is 7.61. The van der Waals surface area contributed by atoms with Crippen molar-refractivity contribution in [3.05, 3.63) is 35.1 Å². The fraction of sp³-hybridized carbons (Fsp3) is 0.364. The molecule has 2 nitrogen and oxygen atoms in total. The van der Waals surface area contributed by atoms with E-state index in [1.165, 1.54) is 4.90 Å². The maximum atomic E-state index is 13.3. The van der Waals surface area contributed by atoms with Crippen LogP contribution in [0, 0.1) is 17.5 Å². The SMILES string of the molecule is O=C(c1c(F)ccc(F)c1F)N1CCCC1. The summed E-state index contributed by atoms with van der Waals surface area (Å²) in [4.78, 5) is 13.1. The molecule has 1 heterocycles. The molecule has 2 rings (SSSR count). The molecule has 86 valence electrons. The molecule has 0 bridgehead atoms. The van der Waals surface area contributed by atoms with Crippen LogP contribution in [0.25, 0.3) is 0 Å². The number of halogens is 3. The van der Waals surface area contributed by atoms with Gasteiger partial charge in [-0.2, -0.15) is 0 Å². The zero-order valence-electron chi connectivity index (χ0n) is 8.47. The predicted molar refractivity (Wildman–Crippen MR) is 51.5 cm³/mol. The Morgan fingerprint density at radius 3 is 2.25 bits per heavy atom. The molecule has 1 aliphatic rings. The lowest BCUT2D eigenvalue weighted by Crippen LogP contribution is -2.29. The third-order valence-electron chi connectivity index (χ3n) is 2.65. The third kappa shape index (κ3) is 1.77. The molecule has 0 unspecified atom stereocenters. The van der Waals surface area contributed by atoms with E-state index in [2.05, 4.69) is 0 Å². The Labute approximate surface area is 90.7 Å². The van der Waals surface area contributed by atoms with Gasteiger partial charge in [0.15, 0.2) is 11.6 Å². The van der Waals surface area contributed by atoms with Gasteiger partial charge in [0.05, 0.1) is 0 Å². The number of carbonyl (C=O) groups excluding carboxylic acids is 1. The van der Waals surface area contributed by atoms with Gasteiger partial charge in [0.2, 0.25) is 0 Å². The van der Waals surface area contributed by atoms with Gasteiger partial charge in [0.25, 0.3) is 5.91 Å². The first-order valence-electron chi connectivity index (χ1n) is 5.04. The van der Waals surface area contributed by atoms with Crippen molar-refractivity contribution in [2.75, 3.05) is 13.1 Å². The summed E-state index contributed by atoms with van der Waals surface area (Å²) < 4.78 is 39.5. The standard InChI is InChI=1S/C11H10F3NO/c12-7-3-4-8(13)10(14)9(7)11(16)15-5-1-2-6-15/h3-4H,1-2,5-6H2. The second-order valence-electron chi connectivity index (χ2n) is 3.72. The van der Waals surface area contributed by atoms with E-state index in [4.69, 9.17) is 0 Å². The van der Waals surface area contributed by atoms with E-state index in [0.29, 0.717) is 19.2 Å². The molecular formula is C11H10F3NO. The number of hydrogen-bond donors (Lipinski definition) is 0. The van der Waals surface area contributed by atoms with Crippen LogP contribution in [-0.2, 0) is 0 Å². The summed E-state index contributed by atoms with van der Waals surface area (Å²) in [6.45, 7) is 0.933. The molecule has 0 atom stereocenters. The van der Waals surface area contributed by atoms with Gasteiger partial charge in [0, 0.05) is 13.1 Å². The van der Waals surface area contributed by atoms with Gasteiger partial charge in [-0.3, -0.25) is 4.79 Å². The topological polar surface area (TPSA) is 20.3 Å². The Hall–Kier alpha value is -1.52. The van der Waals surface area contributed by atoms with Gasteiger partial charge in [-0.15, -0.1) is 0 Å². The lowest BCUT2D eigenvalue weighted by molar-refractivity contribution is 0.0782. The average Bonchev–Trinajstić information content (AvgIpc) is 2.77. The summed E-state index contributed by atoms with van der Waals surface area (Å²) in [6.07, 6.45) is 1.62. The van der Waals surface area contributed by atoms with E-state index in [0.717, 1.165) is 18.9 Å². The minimum Gasteiger partial charge on any atom is -0.338 e. The van der Waals surface area contributed by atoms with Gasteiger partial charge in [-0.05, 0) is 25.0 Å². The molecule has 1 saturated heterocycles. The third-order valence-corrected chi connectivity index (χ3v) is 2.65. The molecule has 0 N–H and O–H groups in total. The lowest BCUT2D eigenvalue weighted by atomic mass is 10.1. The minimum absolute atomic E-state index is 0.466. The average molecular weight is 229 g/mol. The van der Waals surface area contributed by atoms with Crippen molar-refractivity contribution in [2.45, 2.75) is 12.8 Å². The summed E-state index contributed by atoms with van der Waals surface area (Å²) in [5.74, 6) is -4.40. The van der Waals surface area contributed by atoms with Crippen molar-refractivity contribution in [3.63, 3.8) is 0 Å². The Bertz CT molecular complexity index is 427. The summed E-state index contributed by atoms with van der Waals surface area (Å²) >= 11 is 0. The molecule has 0 spiro atoms. The highest BCUT2D eigenvalue weighted by Crippen LogP contribution is 2.20. The van der Waals surface area contributed by atoms with Gasteiger partial charge in [0.1, 0.15) is 11.4 Å². The summed E-state index contributed by atoms with van der Waals surface area (Å²) in [7, 11) is 0. The number of hydrogen-bond acceptors (Lipinski definition) is 1. The van der Waals surface area contributed by atoms with Crippen LogP contribution in [-0.4, -0.2) is 23.9 Å². The number of likely N-dealkylation sites (tertiary alicyclic amines) is 1. The van der Waals surface area contributed by atoms with Crippen LogP contribution in [0.3, 0.4) is 0 Å². The second kappa shape index (κ2) is 4.15. The Morgan fingerprint density at radius 1 is 1.06 bits per heavy atom. The van der Waals surface area contributed by atoms with Gasteiger partial charge in [-0.1, -0.05) is 0 Å². The number of rotatable bonds is 1. The molecule has 0 aromatic heterocycles. The maximum Gasteiger partial charge on any atom is 0.259 e. The molecule has 0 radical (unpaired) electrons. The highest BCUT2D eigenvalue weighted by Gasteiger charge is 2.26. The van der Waals surface area contributed by atoms with Crippen LogP contribution in [0.2, 0.25) is 0 Å². The molecular weight excluding hydrogens is 219 g/mol. The van der Waals surface area contributed by atoms with Crippen LogP contribution in [0.15, 0.2) is 12.1 Å². The number of benzene rings is 1. The largest absolute Gasteiger partial charge is 0.338 e. The summed E-state index contributed by atoms with van der Waals surface area (Å²) in [5, 5.41) is 0. The van der Waals surface area contributed by atoms with Crippen LogP contribution in [0.4, 0.5) is 13.2 Å². The number of nitrogens with zero attached hydrogens (tertiary/aromatic N) is 1. The summed E-state index contributed by atoms with van der Waals surface area (Å²) in [6, 6.07) is 1.44. The first kappa shape index (κ1) is 11.0. The van der Waals surface area contributed by atoms with Crippen molar-refractivity contribution in [2.24, 2.45) is 0 Å². The molecule has 16 heavy (non-hydrogen) atoms. The fourth-order valence-electron chi connectivity index (χ4n) is 1.80. The van der Waals surface area contributed by atoms with E-state index in [1.54, 1.807) is 0 Å². The zero-order valence-corrected chi connectivity index (χ0v) is 8.47. The van der Waals surface area contributed by atoms with Crippen molar-refractivity contribution >= 4 is 5.91 Å². The van der Waals surface area contributed by atoms with E-state index in [9.17, 15) is 18.0 Å². The predicted octanol–water partition coefficient (Wildman–Crippen LogP) is 2.34. The molecule has 0 saturated carbocycles. The molecule has 0 aliphatic carbocycles. The first-order valence-corrected chi connectivity index (χ1v) is 5.04. The smallest absolute Gasteiger partial charge is 0.259 e. The molecule has 5 heteroatoms. The van der Waals surface area contributed by atoms with Crippen molar-refractivity contribution in [3.8, 4) is 0 Å². The quantitative estimate of drug-likeness (QED) is 0.677. The lowest BCUT2D eigenvalue weighted by Gasteiger charge is -2.16. The molecule has 1 amide bonds. The van der Waals surface area contributed by atoms with E-state index >= 15 is 0 Å². The van der Waals surface area contributed by atoms with Gasteiger partial charge < -0.3 is 4.90 Å². The molecule has 1 aliphatic heterocycles. The maximum absolute atomic E-state index is 13.3. The summed E-state index contributed by atoms with van der Waals surface area (Å²) in [5.41, 5.74) is -0.790. The number of amides is 1. The monoisotopic (exact) mass is 229 g/mol. The fourth-order valence-corrected chi connectivity index (χ4v) is 1.80. The van der Waals surface area contributed by atoms with Gasteiger partial charge in [-0.25, -0.2) is 13.2 Å². The normalized spacial score (nSPS) is 15.6. The van der Waals surface area contributed by atoms with Crippen LogP contribution in [0.1, 0.15) is 23.2 Å². The Balaban J connectivity index is 2.39. The van der Waals surface area contributed by atoms with Crippen LogP contribution < -0.4 is 0 Å². The van der Waals surface area contributed by atoms with Crippen LogP contribution >= 0.6 is 0 Å². The van der Waals surface area contributed by atoms with Crippen LogP contribution in [0.5, 0.6) is 0 Å². The molecule has 1 fully saturated rings.